The quantitative estimate of drug-likeness (QED) is 0.352. The molecule has 11 heteroatoms. The van der Waals surface area contributed by atoms with Crippen LogP contribution in [0.15, 0.2) is 58.3 Å². The summed E-state index contributed by atoms with van der Waals surface area (Å²) in [5.41, 5.74) is 0.310. The van der Waals surface area contributed by atoms with E-state index in [0.29, 0.717) is 22.0 Å². The highest BCUT2D eigenvalue weighted by atomic mass is 32.1. The van der Waals surface area contributed by atoms with Crippen molar-refractivity contribution in [2.24, 2.45) is 0 Å². The number of furan rings is 1. The summed E-state index contributed by atoms with van der Waals surface area (Å²) in [6.45, 7) is 1.43. The van der Waals surface area contributed by atoms with Crippen LogP contribution in [0.1, 0.15) is 47.9 Å². The number of thiophene rings is 1. The van der Waals surface area contributed by atoms with Crippen molar-refractivity contribution in [1.82, 2.24) is 30.4 Å². The van der Waals surface area contributed by atoms with Crippen molar-refractivity contribution in [3.8, 4) is 11.6 Å². The van der Waals surface area contributed by atoms with E-state index in [0.717, 1.165) is 30.5 Å². The molecular formula is C26H27FN6O3S. The third-order valence-corrected chi connectivity index (χ3v) is 7.31. The van der Waals surface area contributed by atoms with E-state index in [1.807, 2.05) is 17.5 Å². The minimum absolute atomic E-state index is 0.0664. The fourth-order valence-corrected chi connectivity index (χ4v) is 5.37. The van der Waals surface area contributed by atoms with E-state index < -0.39 is 17.8 Å². The first kappa shape index (κ1) is 24.8. The van der Waals surface area contributed by atoms with Gasteiger partial charge < -0.3 is 14.6 Å². The number of carbonyl (C=O) groups is 2. The van der Waals surface area contributed by atoms with Gasteiger partial charge in [0.25, 0.3) is 0 Å². The van der Waals surface area contributed by atoms with Crippen molar-refractivity contribution in [1.29, 1.82) is 0 Å². The van der Waals surface area contributed by atoms with Gasteiger partial charge in [0, 0.05) is 23.0 Å². The number of rotatable bonds is 9. The predicted octanol–water partition coefficient (Wildman–Crippen LogP) is 4.27. The lowest BCUT2D eigenvalue weighted by Gasteiger charge is -2.31. The van der Waals surface area contributed by atoms with Gasteiger partial charge in [0.2, 0.25) is 17.6 Å². The molecule has 0 bridgehead atoms. The summed E-state index contributed by atoms with van der Waals surface area (Å²) in [7, 11) is 0. The number of carbonyl (C=O) groups excluding carboxylic acids is 2. The lowest BCUT2D eigenvalue weighted by molar-refractivity contribution is -0.142. The number of benzene rings is 1. The van der Waals surface area contributed by atoms with Gasteiger partial charge in [0.1, 0.15) is 24.2 Å². The van der Waals surface area contributed by atoms with Crippen LogP contribution in [0.25, 0.3) is 11.6 Å². The monoisotopic (exact) mass is 522 g/mol. The highest BCUT2D eigenvalue weighted by Crippen LogP contribution is 2.29. The molecule has 0 saturated heterocycles. The lowest BCUT2D eigenvalue weighted by atomic mass is 10.1. The first-order valence-electron chi connectivity index (χ1n) is 12.2. The molecular weight excluding hydrogens is 495 g/mol. The number of amides is 2. The van der Waals surface area contributed by atoms with E-state index >= 15 is 0 Å². The Morgan fingerprint density at radius 3 is 2.70 bits per heavy atom. The van der Waals surface area contributed by atoms with Crippen LogP contribution in [0.2, 0.25) is 0 Å². The molecule has 1 aliphatic rings. The summed E-state index contributed by atoms with van der Waals surface area (Å²) in [5.74, 6) is 0.212. The molecule has 1 unspecified atom stereocenters. The number of tetrazole rings is 1. The Bertz CT molecular complexity index is 1360. The van der Waals surface area contributed by atoms with Crippen LogP contribution in [0, 0.1) is 12.7 Å². The molecule has 0 spiro atoms. The standard InChI is InChI=1S/C26H27FN6O3S/c1-17-12-13-21(36-17)25-29-31-33(30-25)16-23(34)32(15-18-7-2-5-10-20(18)27)24(22-11-6-14-37-22)26(35)28-19-8-3-4-9-19/h2,5-7,10-14,19,24H,3-4,8-9,15-16H2,1H3,(H,28,35). The molecule has 1 fully saturated rings. The molecule has 37 heavy (non-hydrogen) atoms. The maximum atomic E-state index is 14.7. The third-order valence-electron chi connectivity index (χ3n) is 6.38. The highest BCUT2D eigenvalue weighted by Gasteiger charge is 2.34. The van der Waals surface area contributed by atoms with Gasteiger partial charge in [-0.15, -0.1) is 21.5 Å². The molecule has 9 nitrogen and oxygen atoms in total. The SMILES string of the molecule is Cc1ccc(-c2nnn(CC(=O)N(Cc3ccccc3F)C(C(=O)NC3CCCC3)c3cccs3)n2)o1. The van der Waals surface area contributed by atoms with Crippen LogP contribution >= 0.6 is 11.3 Å². The Kier molecular flexibility index (Phi) is 7.40. The molecule has 3 heterocycles. The molecule has 2 amide bonds. The molecule has 5 rings (SSSR count). The Morgan fingerprint density at radius 2 is 2.00 bits per heavy atom. The topological polar surface area (TPSA) is 106 Å². The van der Waals surface area contributed by atoms with Crippen LogP contribution < -0.4 is 5.32 Å². The zero-order valence-corrected chi connectivity index (χ0v) is 21.2. The zero-order valence-electron chi connectivity index (χ0n) is 20.3. The average molecular weight is 523 g/mol. The van der Waals surface area contributed by atoms with E-state index in [9.17, 15) is 14.0 Å². The fraction of sp³-hybridized carbons (Fsp3) is 0.346. The van der Waals surface area contributed by atoms with E-state index in [-0.39, 0.29) is 30.9 Å². The maximum Gasteiger partial charge on any atom is 0.248 e. The van der Waals surface area contributed by atoms with Crippen LogP contribution in [-0.4, -0.2) is 43.0 Å². The molecule has 1 saturated carbocycles. The van der Waals surface area contributed by atoms with Crippen molar-refractivity contribution in [2.75, 3.05) is 0 Å². The minimum atomic E-state index is -0.927. The summed E-state index contributed by atoms with van der Waals surface area (Å²) < 4.78 is 20.2. The van der Waals surface area contributed by atoms with Gasteiger partial charge in [-0.2, -0.15) is 4.80 Å². The van der Waals surface area contributed by atoms with Gasteiger partial charge in [-0.05, 0) is 54.6 Å². The highest BCUT2D eigenvalue weighted by molar-refractivity contribution is 7.10. The molecule has 1 atom stereocenters. The molecule has 1 aromatic carbocycles. The van der Waals surface area contributed by atoms with Crippen molar-refractivity contribution < 1.29 is 18.4 Å². The predicted molar refractivity (Wildman–Crippen MR) is 135 cm³/mol. The number of aromatic nitrogens is 4. The Balaban J connectivity index is 1.45. The van der Waals surface area contributed by atoms with Gasteiger partial charge in [-0.1, -0.05) is 37.1 Å². The normalized spacial score (nSPS) is 14.5. The second-order valence-electron chi connectivity index (χ2n) is 9.07. The second-order valence-corrected chi connectivity index (χ2v) is 10.1. The third kappa shape index (κ3) is 5.77. The number of hydrogen-bond donors (Lipinski definition) is 1. The zero-order chi connectivity index (χ0) is 25.8. The van der Waals surface area contributed by atoms with E-state index in [1.165, 1.54) is 22.3 Å². The molecule has 0 aliphatic heterocycles. The van der Waals surface area contributed by atoms with Gasteiger partial charge in [-0.3, -0.25) is 9.59 Å². The number of aryl methyl sites for hydroxylation is 1. The first-order chi connectivity index (χ1) is 18.0. The number of nitrogens with zero attached hydrogens (tertiary/aromatic N) is 5. The van der Waals surface area contributed by atoms with Crippen molar-refractivity contribution >= 4 is 23.2 Å². The lowest BCUT2D eigenvalue weighted by Crippen LogP contribution is -2.46. The molecule has 1 N–H and O–H groups in total. The molecule has 3 aromatic heterocycles. The number of halogens is 1. The summed E-state index contributed by atoms with van der Waals surface area (Å²) in [6.07, 6.45) is 3.92. The summed E-state index contributed by atoms with van der Waals surface area (Å²) in [4.78, 5) is 30.6. The number of nitrogens with one attached hydrogen (secondary N) is 1. The van der Waals surface area contributed by atoms with Gasteiger partial charge >= 0.3 is 0 Å². The van der Waals surface area contributed by atoms with Gasteiger partial charge in [0.15, 0.2) is 5.76 Å². The summed E-state index contributed by atoms with van der Waals surface area (Å²) >= 11 is 1.38. The molecule has 0 radical (unpaired) electrons. The van der Waals surface area contributed by atoms with E-state index in [1.54, 1.807) is 37.3 Å². The van der Waals surface area contributed by atoms with Gasteiger partial charge in [-0.25, -0.2) is 4.39 Å². The molecule has 192 valence electrons. The van der Waals surface area contributed by atoms with Gasteiger partial charge in [0.05, 0.1) is 0 Å². The minimum Gasteiger partial charge on any atom is -0.458 e. The van der Waals surface area contributed by atoms with Crippen LogP contribution in [-0.2, 0) is 22.7 Å². The number of hydrogen-bond acceptors (Lipinski definition) is 7. The maximum absolute atomic E-state index is 14.7. The van der Waals surface area contributed by atoms with Crippen molar-refractivity contribution in [2.45, 2.75) is 57.8 Å². The summed E-state index contributed by atoms with van der Waals surface area (Å²) in [5, 5.41) is 17.2. The van der Waals surface area contributed by atoms with Crippen molar-refractivity contribution in [3.05, 3.63) is 75.9 Å². The first-order valence-corrected chi connectivity index (χ1v) is 13.1. The van der Waals surface area contributed by atoms with Crippen molar-refractivity contribution in [3.63, 3.8) is 0 Å². The van der Waals surface area contributed by atoms with E-state index in [4.69, 9.17) is 4.42 Å². The smallest absolute Gasteiger partial charge is 0.248 e. The molecule has 1 aliphatic carbocycles. The Morgan fingerprint density at radius 1 is 1.19 bits per heavy atom. The fourth-order valence-electron chi connectivity index (χ4n) is 4.53. The average Bonchev–Trinajstić information content (AvgIpc) is 3.69. The van der Waals surface area contributed by atoms with Crippen LogP contribution in [0.5, 0.6) is 0 Å². The largest absolute Gasteiger partial charge is 0.458 e. The summed E-state index contributed by atoms with van der Waals surface area (Å²) in [6, 6.07) is 12.5. The Hall–Kier alpha value is -3.86. The van der Waals surface area contributed by atoms with Crippen LogP contribution in [0.4, 0.5) is 4.39 Å². The van der Waals surface area contributed by atoms with E-state index in [2.05, 4.69) is 20.7 Å². The van der Waals surface area contributed by atoms with Crippen LogP contribution in [0.3, 0.4) is 0 Å². The second kappa shape index (κ2) is 11.0. The molecule has 4 aromatic rings. The Labute approximate surface area is 217 Å².